The van der Waals surface area contributed by atoms with Gasteiger partial charge in [0.05, 0.1) is 5.52 Å². The summed E-state index contributed by atoms with van der Waals surface area (Å²) in [5.41, 5.74) is 2.39. The zero-order valence-electron chi connectivity index (χ0n) is 12.5. The fourth-order valence-electron chi connectivity index (χ4n) is 3.05. The summed E-state index contributed by atoms with van der Waals surface area (Å²) in [5.74, 6) is 0. The summed E-state index contributed by atoms with van der Waals surface area (Å²) in [6, 6.07) is 9.05. The van der Waals surface area contributed by atoms with Crippen molar-refractivity contribution in [1.29, 1.82) is 0 Å². The van der Waals surface area contributed by atoms with Crippen LogP contribution >= 0.6 is 15.9 Å². The van der Waals surface area contributed by atoms with Gasteiger partial charge in [0.2, 0.25) is 0 Å². The molecule has 0 amide bonds. The molecule has 2 heterocycles. The Hall–Kier alpha value is -0.970. The molecule has 1 N–H and O–H groups in total. The van der Waals surface area contributed by atoms with Crippen LogP contribution in [-0.4, -0.2) is 35.6 Å². The molecule has 0 bridgehead atoms. The highest BCUT2D eigenvalue weighted by molar-refractivity contribution is 9.10. The van der Waals surface area contributed by atoms with Crippen molar-refractivity contribution >= 4 is 26.8 Å². The summed E-state index contributed by atoms with van der Waals surface area (Å²) in [6.45, 7) is 6.75. The van der Waals surface area contributed by atoms with Gasteiger partial charge in [0.15, 0.2) is 0 Å². The monoisotopic (exact) mass is 347 g/mol. The van der Waals surface area contributed by atoms with Crippen LogP contribution < -0.4 is 5.32 Å². The van der Waals surface area contributed by atoms with Gasteiger partial charge in [0, 0.05) is 28.6 Å². The van der Waals surface area contributed by atoms with E-state index in [-0.39, 0.29) is 0 Å². The Kier molecular flexibility index (Phi) is 4.88. The molecule has 0 spiro atoms. The summed E-state index contributed by atoms with van der Waals surface area (Å²) < 4.78 is 1.12. The maximum atomic E-state index is 4.55. The second kappa shape index (κ2) is 6.86. The minimum atomic E-state index is 0.634. The van der Waals surface area contributed by atoms with Gasteiger partial charge >= 0.3 is 0 Å². The topological polar surface area (TPSA) is 28.2 Å². The van der Waals surface area contributed by atoms with Crippen LogP contribution in [-0.2, 0) is 6.54 Å². The molecule has 112 valence electrons. The Bertz CT molecular complexity index is 606. The van der Waals surface area contributed by atoms with Gasteiger partial charge in [-0.05, 0) is 50.2 Å². The van der Waals surface area contributed by atoms with Crippen LogP contribution in [0.1, 0.15) is 25.3 Å². The second-order valence-electron chi connectivity index (χ2n) is 5.70. The molecule has 1 aliphatic rings. The van der Waals surface area contributed by atoms with Crippen LogP contribution in [0, 0.1) is 0 Å². The molecule has 1 fully saturated rings. The molecule has 0 aliphatic carbocycles. The van der Waals surface area contributed by atoms with Gasteiger partial charge in [-0.1, -0.05) is 35.0 Å². The van der Waals surface area contributed by atoms with Gasteiger partial charge < -0.3 is 10.2 Å². The van der Waals surface area contributed by atoms with E-state index in [1.807, 2.05) is 12.3 Å². The van der Waals surface area contributed by atoms with Crippen molar-refractivity contribution in [3.8, 4) is 0 Å². The van der Waals surface area contributed by atoms with E-state index in [4.69, 9.17) is 0 Å². The van der Waals surface area contributed by atoms with Gasteiger partial charge in [0.25, 0.3) is 0 Å². The van der Waals surface area contributed by atoms with Crippen LogP contribution in [0.25, 0.3) is 10.9 Å². The zero-order valence-corrected chi connectivity index (χ0v) is 14.1. The average Bonchev–Trinajstić information content (AvgIpc) is 2.55. The quantitative estimate of drug-likeness (QED) is 0.916. The van der Waals surface area contributed by atoms with E-state index in [1.165, 1.54) is 43.4 Å². The number of piperidine rings is 1. The van der Waals surface area contributed by atoms with Crippen LogP contribution in [0.3, 0.4) is 0 Å². The molecule has 1 aromatic carbocycles. The van der Waals surface area contributed by atoms with E-state index in [0.29, 0.717) is 6.04 Å². The summed E-state index contributed by atoms with van der Waals surface area (Å²) >= 11 is 3.61. The molecule has 1 saturated heterocycles. The Morgan fingerprint density at radius 3 is 2.86 bits per heavy atom. The zero-order chi connectivity index (χ0) is 14.7. The fourth-order valence-corrected chi connectivity index (χ4v) is 3.50. The van der Waals surface area contributed by atoms with Crippen molar-refractivity contribution in [2.24, 2.45) is 0 Å². The molecule has 21 heavy (non-hydrogen) atoms. The number of fused-ring (bicyclic) bond motifs is 1. The highest BCUT2D eigenvalue weighted by Crippen LogP contribution is 2.25. The number of nitrogens with zero attached hydrogens (tertiary/aromatic N) is 2. The fraction of sp³-hybridized carbons (Fsp3) is 0.471. The first kappa shape index (κ1) is 14.9. The largest absolute Gasteiger partial charge is 0.310 e. The van der Waals surface area contributed by atoms with Crippen LogP contribution in [0.15, 0.2) is 34.9 Å². The number of halogens is 1. The first-order valence-corrected chi connectivity index (χ1v) is 8.55. The number of aromatic nitrogens is 1. The van der Waals surface area contributed by atoms with Crippen molar-refractivity contribution in [1.82, 2.24) is 15.2 Å². The molecule has 0 radical (unpaired) electrons. The summed E-state index contributed by atoms with van der Waals surface area (Å²) in [4.78, 5) is 7.08. The third kappa shape index (κ3) is 3.44. The Labute approximate surface area is 134 Å². The molecule has 0 unspecified atom stereocenters. The molecular formula is C17H22BrN3. The lowest BCUT2D eigenvalue weighted by Crippen LogP contribution is -2.42. The van der Waals surface area contributed by atoms with E-state index in [2.05, 4.69) is 56.3 Å². The third-order valence-corrected chi connectivity index (χ3v) is 5.11. The van der Waals surface area contributed by atoms with Crippen molar-refractivity contribution in [3.63, 3.8) is 0 Å². The number of hydrogen-bond acceptors (Lipinski definition) is 3. The number of likely N-dealkylation sites (tertiary alicyclic amines) is 1. The highest BCUT2D eigenvalue weighted by Gasteiger charge is 2.17. The molecule has 1 aromatic heterocycles. The molecule has 3 nitrogen and oxygen atoms in total. The van der Waals surface area contributed by atoms with Crippen molar-refractivity contribution in [2.45, 2.75) is 32.4 Å². The Balaban J connectivity index is 1.67. The molecule has 2 aromatic rings. The van der Waals surface area contributed by atoms with Gasteiger partial charge in [-0.2, -0.15) is 0 Å². The number of rotatable bonds is 4. The van der Waals surface area contributed by atoms with Crippen LogP contribution in [0.5, 0.6) is 0 Å². The van der Waals surface area contributed by atoms with E-state index in [1.54, 1.807) is 0 Å². The maximum absolute atomic E-state index is 4.55. The highest BCUT2D eigenvalue weighted by atomic mass is 79.9. The Morgan fingerprint density at radius 1 is 1.29 bits per heavy atom. The summed E-state index contributed by atoms with van der Waals surface area (Å²) in [7, 11) is 0. The van der Waals surface area contributed by atoms with Crippen LogP contribution in [0.4, 0.5) is 0 Å². The van der Waals surface area contributed by atoms with Crippen LogP contribution in [0.2, 0.25) is 0 Å². The number of pyridine rings is 1. The minimum Gasteiger partial charge on any atom is -0.310 e. The summed E-state index contributed by atoms with van der Waals surface area (Å²) in [6.07, 6.45) is 4.36. The van der Waals surface area contributed by atoms with Gasteiger partial charge in [-0.3, -0.25) is 4.98 Å². The van der Waals surface area contributed by atoms with Gasteiger partial charge in [0.1, 0.15) is 0 Å². The summed E-state index contributed by atoms with van der Waals surface area (Å²) in [5, 5.41) is 4.90. The van der Waals surface area contributed by atoms with Gasteiger partial charge in [-0.15, -0.1) is 0 Å². The molecular weight excluding hydrogens is 326 g/mol. The minimum absolute atomic E-state index is 0.634. The predicted octanol–water partition coefficient (Wildman–Crippen LogP) is 3.57. The molecule has 4 heteroatoms. The lowest BCUT2D eigenvalue weighted by Gasteiger charge is -2.31. The van der Waals surface area contributed by atoms with E-state index < -0.39 is 0 Å². The van der Waals surface area contributed by atoms with Gasteiger partial charge in [-0.25, -0.2) is 0 Å². The van der Waals surface area contributed by atoms with Crippen molar-refractivity contribution < 1.29 is 0 Å². The van der Waals surface area contributed by atoms with Crippen molar-refractivity contribution in [3.05, 3.63) is 40.5 Å². The SMILES string of the molecule is CCN1CCC(NCc2ccc(Br)c3cccnc23)CC1. The third-order valence-electron chi connectivity index (χ3n) is 4.42. The molecule has 3 rings (SSSR count). The standard InChI is InChI=1S/C17H22BrN3/c1-2-21-10-7-14(8-11-21)20-12-13-5-6-16(18)15-4-3-9-19-17(13)15/h3-6,9,14,20H,2,7-8,10-12H2,1H3. The molecule has 1 aliphatic heterocycles. The predicted molar refractivity (Wildman–Crippen MR) is 91.4 cm³/mol. The molecule has 0 atom stereocenters. The maximum Gasteiger partial charge on any atom is 0.0758 e. The first-order valence-electron chi connectivity index (χ1n) is 7.75. The van der Waals surface area contributed by atoms with E-state index in [9.17, 15) is 0 Å². The number of benzene rings is 1. The average molecular weight is 348 g/mol. The van der Waals surface area contributed by atoms with E-state index in [0.717, 1.165) is 16.5 Å². The smallest absolute Gasteiger partial charge is 0.0758 e. The second-order valence-corrected chi connectivity index (χ2v) is 6.55. The first-order chi connectivity index (χ1) is 10.3. The number of nitrogens with one attached hydrogen (secondary N) is 1. The van der Waals surface area contributed by atoms with Crippen molar-refractivity contribution in [2.75, 3.05) is 19.6 Å². The molecule has 0 saturated carbocycles. The Morgan fingerprint density at radius 2 is 2.10 bits per heavy atom. The lowest BCUT2D eigenvalue weighted by molar-refractivity contribution is 0.206. The normalized spacial score (nSPS) is 17.4. The van der Waals surface area contributed by atoms with E-state index >= 15 is 0 Å². The number of hydrogen-bond donors (Lipinski definition) is 1. The lowest BCUT2D eigenvalue weighted by atomic mass is 10.0.